The summed E-state index contributed by atoms with van der Waals surface area (Å²) in [5.41, 5.74) is 5.73. The van der Waals surface area contributed by atoms with Gasteiger partial charge in [-0.25, -0.2) is 14.1 Å². The third kappa shape index (κ3) is 2.46. The second-order valence-electron chi connectivity index (χ2n) is 4.73. The summed E-state index contributed by atoms with van der Waals surface area (Å²) in [6.07, 6.45) is 2.79. The molecule has 0 unspecified atom stereocenters. The molecule has 0 fully saturated rings. The quantitative estimate of drug-likeness (QED) is 0.763. The maximum atomic E-state index is 13.0. The number of nitrogens with two attached hydrogens (primary N) is 1. The molecule has 7 nitrogen and oxygen atoms in total. The summed E-state index contributed by atoms with van der Waals surface area (Å²) in [4.78, 5) is 27.3. The van der Waals surface area contributed by atoms with Gasteiger partial charge in [-0.2, -0.15) is 5.10 Å². The molecule has 0 bridgehead atoms. The number of primary amides is 1. The lowest BCUT2D eigenvalue weighted by molar-refractivity contribution is -0.118. The molecule has 0 saturated heterocycles. The molecule has 0 radical (unpaired) electrons. The fourth-order valence-electron chi connectivity index (χ4n) is 2.11. The number of amides is 1. The fourth-order valence-corrected chi connectivity index (χ4v) is 2.11. The lowest BCUT2D eigenvalue weighted by atomic mass is 10.3. The average Bonchev–Trinajstić information content (AvgIpc) is 2.92. The van der Waals surface area contributed by atoms with Crippen molar-refractivity contribution in [3.05, 3.63) is 53.0 Å². The number of nitrogens with zero attached hydrogens (tertiary/aromatic N) is 4. The van der Waals surface area contributed by atoms with Gasteiger partial charge in [-0.1, -0.05) is 0 Å². The molecule has 1 amide bonds. The topological polar surface area (TPSA) is 95.8 Å². The Bertz CT molecular complexity index is 898. The highest BCUT2D eigenvalue weighted by Crippen LogP contribution is 2.14. The smallest absolute Gasteiger partial charge is 0.264 e. The lowest BCUT2D eigenvalue weighted by Gasteiger charge is -2.05. The summed E-state index contributed by atoms with van der Waals surface area (Å²) in [5.74, 6) is -0.851. The maximum Gasteiger partial charge on any atom is 0.264 e. The molecule has 3 rings (SSSR count). The molecule has 112 valence electrons. The van der Waals surface area contributed by atoms with E-state index in [1.54, 1.807) is 12.1 Å². The molecular weight excluding hydrogens is 289 g/mol. The minimum Gasteiger partial charge on any atom is -0.370 e. The van der Waals surface area contributed by atoms with Crippen molar-refractivity contribution in [3.8, 4) is 5.69 Å². The fraction of sp³-hybridized carbons (Fsp3) is 0.143. The number of benzene rings is 1. The SMILES string of the molecule is NC(=O)CCn1cnc2c(cnn2-c2ccc(F)cc2)c1=O. The summed E-state index contributed by atoms with van der Waals surface area (Å²) in [5, 5.41) is 4.44. The monoisotopic (exact) mass is 301 g/mol. The van der Waals surface area contributed by atoms with Gasteiger partial charge >= 0.3 is 0 Å². The third-order valence-corrected chi connectivity index (χ3v) is 3.22. The van der Waals surface area contributed by atoms with Crippen molar-refractivity contribution in [3.63, 3.8) is 0 Å². The Morgan fingerprint density at radius 1 is 1.27 bits per heavy atom. The Kier molecular flexibility index (Phi) is 3.42. The van der Waals surface area contributed by atoms with Crippen molar-refractivity contribution in [2.75, 3.05) is 0 Å². The number of carbonyl (C=O) groups is 1. The predicted molar refractivity (Wildman–Crippen MR) is 76.9 cm³/mol. The molecule has 22 heavy (non-hydrogen) atoms. The van der Waals surface area contributed by atoms with Gasteiger partial charge in [0.05, 0.1) is 18.2 Å². The van der Waals surface area contributed by atoms with Crippen LogP contribution in [0.2, 0.25) is 0 Å². The van der Waals surface area contributed by atoms with Crippen molar-refractivity contribution < 1.29 is 9.18 Å². The molecule has 0 atom stereocenters. The average molecular weight is 301 g/mol. The molecule has 0 aliphatic rings. The Labute approximate surface area is 123 Å². The van der Waals surface area contributed by atoms with Crippen LogP contribution in [-0.4, -0.2) is 25.2 Å². The standard InChI is InChI=1S/C14H12FN5O2/c15-9-1-3-10(4-2-9)20-13-11(7-18-20)14(22)19(8-17-13)6-5-12(16)21/h1-4,7-8H,5-6H2,(H2,16,21). The van der Waals surface area contributed by atoms with Gasteiger partial charge < -0.3 is 5.73 Å². The Hall–Kier alpha value is -3.03. The first-order valence-corrected chi connectivity index (χ1v) is 6.53. The molecule has 2 heterocycles. The van der Waals surface area contributed by atoms with Gasteiger partial charge in [-0.3, -0.25) is 14.2 Å². The number of halogens is 1. The summed E-state index contributed by atoms with van der Waals surface area (Å²) in [7, 11) is 0. The van der Waals surface area contributed by atoms with E-state index in [2.05, 4.69) is 10.1 Å². The van der Waals surface area contributed by atoms with E-state index in [-0.39, 0.29) is 24.3 Å². The highest BCUT2D eigenvalue weighted by molar-refractivity contribution is 5.75. The maximum absolute atomic E-state index is 13.0. The van der Waals surface area contributed by atoms with Crippen molar-refractivity contribution in [1.82, 2.24) is 19.3 Å². The van der Waals surface area contributed by atoms with Crippen molar-refractivity contribution in [1.29, 1.82) is 0 Å². The van der Waals surface area contributed by atoms with Crippen LogP contribution in [0.15, 0.2) is 41.6 Å². The van der Waals surface area contributed by atoms with Crippen LogP contribution in [0, 0.1) is 5.82 Å². The molecule has 3 aromatic rings. The van der Waals surface area contributed by atoms with Gasteiger partial charge in [0.25, 0.3) is 5.56 Å². The van der Waals surface area contributed by atoms with Crippen molar-refractivity contribution in [2.45, 2.75) is 13.0 Å². The number of fused-ring (bicyclic) bond motifs is 1. The zero-order chi connectivity index (χ0) is 15.7. The third-order valence-electron chi connectivity index (χ3n) is 3.22. The largest absolute Gasteiger partial charge is 0.370 e. The molecule has 2 aromatic heterocycles. The van der Waals surface area contributed by atoms with Crippen LogP contribution >= 0.6 is 0 Å². The minimum atomic E-state index is -0.492. The molecule has 0 saturated carbocycles. The first-order valence-electron chi connectivity index (χ1n) is 6.53. The number of carbonyl (C=O) groups excluding carboxylic acids is 1. The Morgan fingerprint density at radius 3 is 2.68 bits per heavy atom. The van der Waals surface area contributed by atoms with Crippen LogP contribution in [0.1, 0.15) is 6.42 Å². The number of aromatic nitrogens is 4. The molecular formula is C14H12FN5O2. The van der Waals surface area contributed by atoms with Crippen LogP contribution < -0.4 is 11.3 Å². The van der Waals surface area contributed by atoms with Gasteiger partial charge in [0, 0.05) is 13.0 Å². The van der Waals surface area contributed by atoms with Gasteiger partial charge in [-0.05, 0) is 24.3 Å². The van der Waals surface area contributed by atoms with Gasteiger partial charge in [-0.15, -0.1) is 0 Å². The van der Waals surface area contributed by atoms with Gasteiger partial charge in [0.2, 0.25) is 5.91 Å². The van der Waals surface area contributed by atoms with E-state index < -0.39 is 5.91 Å². The second-order valence-corrected chi connectivity index (χ2v) is 4.73. The van der Waals surface area contributed by atoms with Crippen LogP contribution in [0.5, 0.6) is 0 Å². The molecule has 2 N–H and O–H groups in total. The summed E-state index contributed by atoms with van der Waals surface area (Å²) >= 11 is 0. The zero-order valence-corrected chi connectivity index (χ0v) is 11.4. The highest BCUT2D eigenvalue weighted by atomic mass is 19.1. The Morgan fingerprint density at radius 2 is 2.00 bits per heavy atom. The van der Waals surface area contributed by atoms with E-state index in [0.29, 0.717) is 16.7 Å². The van der Waals surface area contributed by atoms with Crippen LogP contribution in [-0.2, 0) is 11.3 Å². The van der Waals surface area contributed by atoms with Gasteiger partial charge in [0.15, 0.2) is 5.65 Å². The summed E-state index contributed by atoms with van der Waals surface area (Å²) < 4.78 is 15.7. The predicted octanol–water partition coefficient (Wildman–Crippen LogP) is 0.597. The number of hydrogen-bond donors (Lipinski definition) is 1. The molecule has 1 aromatic carbocycles. The van der Waals surface area contributed by atoms with E-state index in [4.69, 9.17) is 5.73 Å². The molecule has 0 spiro atoms. The van der Waals surface area contributed by atoms with E-state index in [1.807, 2.05) is 0 Å². The van der Waals surface area contributed by atoms with E-state index in [1.165, 1.54) is 33.9 Å². The first kappa shape index (κ1) is 13.9. The number of aryl methyl sites for hydroxylation is 1. The van der Waals surface area contributed by atoms with E-state index >= 15 is 0 Å². The summed E-state index contributed by atoms with van der Waals surface area (Å²) in [6.45, 7) is 0.166. The van der Waals surface area contributed by atoms with Gasteiger partial charge in [0.1, 0.15) is 11.2 Å². The second kappa shape index (κ2) is 5.40. The highest BCUT2D eigenvalue weighted by Gasteiger charge is 2.11. The van der Waals surface area contributed by atoms with Crippen molar-refractivity contribution in [2.24, 2.45) is 5.73 Å². The Balaban J connectivity index is 2.05. The number of hydrogen-bond acceptors (Lipinski definition) is 4. The lowest BCUT2D eigenvalue weighted by Crippen LogP contribution is -2.23. The number of rotatable bonds is 4. The van der Waals surface area contributed by atoms with Crippen LogP contribution in [0.4, 0.5) is 4.39 Å². The van der Waals surface area contributed by atoms with Crippen LogP contribution in [0.25, 0.3) is 16.7 Å². The summed E-state index contributed by atoms with van der Waals surface area (Å²) in [6, 6.07) is 5.69. The minimum absolute atomic E-state index is 0.0548. The van der Waals surface area contributed by atoms with E-state index in [9.17, 15) is 14.0 Å². The molecule has 0 aliphatic carbocycles. The van der Waals surface area contributed by atoms with Crippen molar-refractivity contribution >= 4 is 16.9 Å². The zero-order valence-electron chi connectivity index (χ0n) is 11.4. The molecule has 8 heteroatoms. The van der Waals surface area contributed by atoms with E-state index in [0.717, 1.165) is 0 Å². The normalized spacial score (nSPS) is 11.0. The van der Waals surface area contributed by atoms with Crippen LogP contribution in [0.3, 0.4) is 0 Å². The first-order chi connectivity index (χ1) is 10.6. The molecule has 0 aliphatic heterocycles.